The standard InChI is InChI=1S/C22H44N2/c1-5-7-9-11-12-14-16-18-23-19-20-24(21(3)4)22(23)17-15-13-10-8-6-2/h19-22H,5-18H2,1-4H3. The summed E-state index contributed by atoms with van der Waals surface area (Å²) in [7, 11) is 0. The van der Waals surface area contributed by atoms with Crippen LogP contribution in [0.15, 0.2) is 12.4 Å². The molecule has 0 amide bonds. The Hall–Kier alpha value is -0.660. The van der Waals surface area contributed by atoms with Crippen LogP contribution in [-0.2, 0) is 0 Å². The largest absolute Gasteiger partial charge is 0.356 e. The minimum Gasteiger partial charge on any atom is -0.356 e. The van der Waals surface area contributed by atoms with E-state index in [0.29, 0.717) is 12.2 Å². The first-order valence-electron chi connectivity index (χ1n) is 10.9. The molecule has 1 heterocycles. The monoisotopic (exact) mass is 336 g/mol. The van der Waals surface area contributed by atoms with Gasteiger partial charge in [-0.3, -0.25) is 0 Å². The lowest BCUT2D eigenvalue weighted by Gasteiger charge is -2.35. The van der Waals surface area contributed by atoms with Gasteiger partial charge in [0.25, 0.3) is 0 Å². The van der Waals surface area contributed by atoms with E-state index >= 15 is 0 Å². The molecule has 1 unspecified atom stereocenters. The Balaban J connectivity index is 2.25. The molecule has 0 fully saturated rings. The smallest absolute Gasteiger partial charge is 0.101 e. The molecule has 1 atom stereocenters. The molecule has 24 heavy (non-hydrogen) atoms. The van der Waals surface area contributed by atoms with E-state index in [-0.39, 0.29) is 0 Å². The number of nitrogens with zero attached hydrogens (tertiary/aromatic N) is 2. The third-order valence-corrected chi connectivity index (χ3v) is 5.34. The van der Waals surface area contributed by atoms with Gasteiger partial charge in [-0.1, -0.05) is 78.1 Å². The van der Waals surface area contributed by atoms with Crippen LogP contribution in [-0.4, -0.2) is 28.6 Å². The Bertz CT molecular complexity index is 311. The fourth-order valence-corrected chi connectivity index (χ4v) is 3.77. The Morgan fingerprint density at radius 1 is 0.708 bits per heavy atom. The van der Waals surface area contributed by atoms with Gasteiger partial charge in [-0.2, -0.15) is 0 Å². The lowest BCUT2D eigenvalue weighted by Crippen LogP contribution is -2.42. The molecule has 0 aromatic carbocycles. The number of hydrogen-bond donors (Lipinski definition) is 0. The van der Waals surface area contributed by atoms with Gasteiger partial charge in [0.05, 0.1) is 0 Å². The highest BCUT2D eigenvalue weighted by Crippen LogP contribution is 2.24. The average Bonchev–Trinajstić information content (AvgIpc) is 2.97. The number of rotatable bonds is 15. The van der Waals surface area contributed by atoms with Crippen molar-refractivity contribution in [3.63, 3.8) is 0 Å². The molecule has 0 bridgehead atoms. The second-order valence-electron chi connectivity index (χ2n) is 7.88. The predicted molar refractivity (Wildman–Crippen MR) is 108 cm³/mol. The first-order valence-corrected chi connectivity index (χ1v) is 10.9. The molecule has 0 saturated heterocycles. The molecule has 0 N–H and O–H groups in total. The molecule has 0 aliphatic carbocycles. The number of unbranched alkanes of at least 4 members (excludes halogenated alkanes) is 10. The quantitative estimate of drug-likeness (QED) is 0.299. The van der Waals surface area contributed by atoms with Crippen LogP contribution >= 0.6 is 0 Å². The van der Waals surface area contributed by atoms with E-state index in [9.17, 15) is 0 Å². The zero-order valence-corrected chi connectivity index (χ0v) is 17.1. The highest BCUT2D eigenvalue weighted by molar-refractivity contribution is 4.98. The third-order valence-electron chi connectivity index (χ3n) is 5.34. The lowest BCUT2D eigenvalue weighted by molar-refractivity contribution is 0.114. The maximum absolute atomic E-state index is 2.62. The van der Waals surface area contributed by atoms with E-state index in [4.69, 9.17) is 0 Å². The van der Waals surface area contributed by atoms with Gasteiger partial charge in [0.15, 0.2) is 0 Å². The lowest BCUT2D eigenvalue weighted by atomic mass is 10.1. The molecule has 2 heteroatoms. The second-order valence-corrected chi connectivity index (χ2v) is 7.88. The van der Waals surface area contributed by atoms with Crippen molar-refractivity contribution in [1.29, 1.82) is 0 Å². The van der Waals surface area contributed by atoms with Gasteiger partial charge in [-0.15, -0.1) is 0 Å². The van der Waals surface area contributed by atoms with Crippen molar-refractivity contribution in [2.75, 3.05) is 6.54 Å². The first-order chi connectivity index (χ1) is 11.7. The zero-order chi connectivity index (χ0) is 17.6. The van der Waals surface area contributed by atoms with Crippen LogP contribution in [0.25, 0.3) is 0 Å². The molecule has 1 rings (SSSR count). The first kappa shape index (κ1) is 21.4. The molecule has 1 aliphatic heterocycles. The normalized spacial score (nSPS) is 17.5. The van der Waals surface area contributed by atoms with Crippen LogP contribution in [0.5, 0.6) is 0 Å². The highest BCUT2D eigenvalue weighted by atomic mass is 15.4. The summed E-state index contributed by atoms with van der Waals surface area (Å²) >= 11 is 0. The van der Waals surface area contributed by atoms with E-state index in [2.05, 4.69) is 49.9 Å². The highest BCUT2D eigenvalue weighted by Gasteiger charge is 2.26. The Labute approximate surface area is 152 Å². The summed E-state index contributed by atoms with van der Waals surface area (Å²) in [4.78, 5) is 5.19. The molecule has 0 aromatic rings. The van der Waals surface area contributed by atoms with Gasteiger partial charge < -0.3 is 9.80 Å². The maximum atomic E-state index is 2.62. The van der Waals surface area contributed by atoms with Crippen LogP contribution in [0.1, 0.15) is 111 Å². The molecule has 0 saturated carbocycles. The summed E-state index contributed by atoms with van der Waals surface area (Å²) in [5.74, 6) is 0. The van der Waals surface area contributed by atoms with Crippen molar-refractivity contribution in [3.05, 3.63) is 12.4 Å². The summed E-state index contributed by atoms with van der Waals surface area (Å²) in [5, 5.41) is 0. The zero-order valence-electron chi connectivity index (χ0n) is 17.1. The number of hydrogen-bond acceptors (Lipinski definition) is 2. The van der Waals surface area contributed by atoms with Crippen molar-refractivity contribution in [2.45, 2.75) is 123 Å². The van der Waals surface area contributed by atoms with E-state index in [1.165, 1.54) is 90.0 Å². The molecule has 0 aromatic heterocycles. The van der Waals surface area contributed by atoms with Crippen LogP contribution in [0.4, 0.5) is 0 Å². The summed E-state index contributed by atoms with van der Waals surface area (Å²) in [6, 6.07) is 0.612. The van der Waals surface area contributed by atoms with Gasteiger partial charge in [0.2, 0.25) is 0 Å². The van der Waals surface area contributed by atoms with Crippen LogP contribution in [0.3, 0.4) is 0 Å². The fourth-order valence-electron chi connectivity index (χ4n) is 3.77. The minimum absolute atomic E-state index is 0.612. The molecule has 2 nitrogen and oxygen atoms in total. The molecular weight excluding hydrogens is 292 g/mol. The summed E-state index contributed by atoms with van der Waals surface area (Å²) in [6.45, 7) is 10.5. The van der Waals surface area contributed by atoms with Gasteiger partial charge in [0.1, 0.15) is 6.17 Å². The SMILES string of the molecule is CCCCCCCCCN1C=CN(C(C)C)C1CCCCCCC. The Kier molecular flexibility index (Phi) is 12.1. The molecule has 0 radical (unpaired) electrons. The average molecular weight is 337 g/mol. The fraction of sp³-hybridized carbons (Fsp3) is 0.909. The van der Waals surface area contributed by atoms with Crippen molar-refractivity contribution in [2.24, 2.45) is 0 Å². The van der Waals surface area contributed by atoms with Gasteiger partial charge in [-0.25, -0.2) is 0 Å². The van der Waals surface area contributed by atoms with E-state index in [1.54, 1.807) is 0 Å². The van der Waals surface area contributed by atoms with E-state index in [1.807, 2.05) is 0 Å². The van der Waals surface area contributed by atoms with Crippen molar-refractivity contribution >= 4 is 0 Å². The van der Waals surface area contributed by atoms with Crippen molar-refractivity contribution in [3.8, 4) is 0 Å². The summed E-state index contributed by atoms with van der Waals surface area (Å²) in [6.07, 6.45) is 23.4. The maximum Gasteiger partial charge on any atom is 0.101 e. The van der Waals surface area contributed by atoms with Crippen LogP contribution in [0.2, 0.25) is 0 Å². The van der Waals surface area contributed by atoms with E-state index < -0.39 is 0 Å². The molecular formula is C22H44N2. The van der Waals surface area contributed by atoms with Gasteiger partial charge in [0, 0.05) is 25.0 Å². The van der Waals surface area contributed by atoms with Gasteiger partial charge in [-0.05, 0) is 33.1 Å². The van der Waals surface area contributed by atoms with Crippen molar-refractivity contribution < 1.29 is 0 Å². The molecule has 1 aliphatic rings. The van der Waals surface area contributed by atoms with Crippen LogP contribution in [0, 0.1) is 0 Å². The second kappa shape index (κ2) is 13.6. The summed E-state index contributed by atoms with van der Waals surface area (Å²) in [5.41, 5.74) is 0. The Morgan fingerprint density at radius 3 is 1.83 bits per heavy atom. The Morgan fingerprint density at radius 2 is 1.25 bits per heavy atom. The molecule has 142 valence electrons. The van der Waals surface area contributed by atoms with Crippen LogP contribution < -0.4 is 0 Å². The van der Waals surface area contributed by atoms with Gasteiger partial charge >= 0.3 is 0 Å². The topological polar surface area (TPSA) is 6.48 Å². The van der Waals surface area contributed by atoms with Crippen molar-refractivity contribution in [1.82, 2.24) is 9.80 Å². The van der Waals surface area contributed by atoms with E-state index in [0.717, 1.165) is 0 Å². The molecule has 0 spiro atoms. The third kappa shape index (κ3) is 8.44. The predicted octanol–water partition coefficient (Wildman–Crippen LogP) is 6.92. The minimum atomic E-state index is 0.612. The summed E-state index contributed by atoms with van der Waals surface area (Å²) < 4.78 is 0.